The predicted molar refractivity (Wildman–Crippen MR) is 101 cm³/mol. The van der Waals surface area contributed by atoms with Crippen LogP contribution in [0.3, 0.4) is 0 Å². The second-order valence-electron chi connectivity index (χ2n) is 7.90. The molecule has 0 rings (SSSR count). The van der Waals surface area contributed by atoms with Crippen LogP contribution in [0, 0.1) is 11.3 Å². The van der Waals surface area contributed by atoms with E-state index >= 15 is 0 Å². The molecule has 2 N–H and O–H groups in total. The molecule has 0 saturated heterocycles. The number of ketones is 1. The molecular weight excluding hydrogens is 342 g/mol. The molecule has 146 valence electrons. The Labute approximate surface area is 156 Å². The van der Waals surface area contributed by atoms with Gasteiger partial charge in [0.1, 0.15) is 11.8 Å². The quantitative estimate of drug-likeness (QED) is 0.456. The summed E-state index contributed by atoms with van der Waals surface area (Å²) in [6, 6.07) is -0.984. The normalized spacial score (nSPS) is 13.6. The van der Waals surface area contributed by atoms with E-state index in [1.807, 2.05) is 41.5 Å². The monoisotopic (exact) mass is 375 g/mol. The number of amides is 1. The molecule has 1 atom stereocenters. The second kappa shape index (κ2) is 10.2. The Kier molecular flexibility index (Phi) is 9.72. The van der Waals surface area contributed by atoms with Crippen LogP contribution in [0.25, 0.3) is 0 Å². The maximum atomic E-state index is 12.2. The lowest BCUT2D eigenvalue weighted by Gasteiger charge is -2.29. The standard InChI is InChI=1S/C18H33NO5S/c1-12(2)15(21)17(3,4)9-10-24-18(5,6)8-7-14(20)19-13(11-25)16(22)23/h12-13,25H,7-11H2,1-6H3,(H,19,20)(H,22,23). The molecule has 1 unspecified atom stereocenters. The summed E-state index contributed by atoms with van der Waals surface area (Å²) >= 11 is 3.91. The topological polar surface area (TPSA) is 92.7 Å². The van der Waals surface area contributed by atoms with Crippen molar-refractivity contribution < 1.29 is 24.2 Å². The zero-order valence-electron chi connectivity index (χ0n) is 16.2. The molecule has 0 aromatic carbocycles. The summed E-state index contributed by atoms with van der Waals surface area (Å²) in [5.41, 5.74) is -0.975. The largest absolute Gasteiger partial charge is 0.480 e. The number of thiol groups is 1. The third kappa shape index (κ3) is 9.26. The SMILES string of the molecule is CC(C)C(=O)C(C)(C)CCOC(C)(C)CCC(=O)NC(CS)C(=O)O. The summed E-state index contributed by atoms with van der Waals surface area (Å²) in [5, 5.41) is 11.3. The molecular formula is C18H33NO5S. The highest BCUT2D eigenvalue weighted by Gasteiger charge is 2.30. The van der Waals surface area contributed by atoms with Gasteiger partial charge in [-0.2, -0.15) is 12.6 Å². The van der Waals surface area contributed by atoms with Gasteiger partial charge in [0, 0.05) is 30.1 Å². The molecule has 0 radical (unpaired) electrons. The van der Waals surface area contributed by atoms with E-state index in [0.717, 1.165) is 0 Å². The molecule has 1 amide bonds. The molecule has 6 nitrogen and oxygen atoms in total. The number of carboxylic acid groups (broad SMARTS) is 1. The van der Waals surface area contributed by atoms with E-state index in [1.165, 1.54) is 0 Å². The van der Waals surface area contributed by atoms with Crippen molar-refractivity contribution in [2.75, 3.05) is 12.4 Å². The highest BCUT2D eigenvalue weighted by atomic mass is 32.1. The first-order chi connectivity index (χ1) is 11.3. The number of nitrogens with one attached hydrogen (secondary N) is 1. The number of aliphatic carboxylic acids is 1. The van der Waals surface area contributed by atoms with Crippen molar-refractivity contribution in [2.24, 2.45) is 11.3 Å². The summed E-state index contributed by atoms with van der Waals surface area (Å²) < 4.78 is 5.86. The highest BCUT2D eigenvalue weighted by Crippen LogP contribution is 2.27. The Morgan fingerprint density at radius 2 is 1.68 bits per heavy atom. The van der Waals surface area contributed by atoms with Gasteiger partial charge in [-0.3, -0.25) is 9.59 Å². The summed E-state index contributed by atoms with van der Waals surface area (Å²) in [5.74, 6) is -1.20. The summed E-state index contributed by atoms with van der Waals surface area (Å²) in [7, 11) is 0. The Morgan fingerprint density at radius 3 is 2.12 bits per heavy atom. The number of carboxylic acids is 1. The fraction of sp³-hybridized carbons (Fsp3) is 0.833. The van der Waals surface area contributed by atoms with E-state index in [2.05, 4.69) is 17.9 Å². The number of hydrogen-bond acceptors (Lipinski definition) is 5. The predicted octanol–water partition coefficient (Wildman–Crippen LogP) is 2.70. The van der Waals surface area contributed by atoms with Gasteiger partial charge in [0.05, 0.1) is 5.60 Å². The van der Waals surface area contributed by atoms with Crippen LogP contribution in [0.5, 0.6) is 0 Å². The van der Waals surface area contributed by atoms with Crippen LogP contribution in [0.2, 0.25) is 0 Å². The first-order valence-corrected chi connectivity index (χ1v) is 9.27. The van der Waals surface area contributed by atoms with Crippen molar-refractivity contribution in [3.63, 3.8) is 0 Å². The Hall–Kier alpha value is -1.08. The molecule has 7 heteroatoms. The van der Waals surface area contributed by atoms with E-state index in [9.17, 15) is 14.4 Å². The van der Waals surface area contributed by atoms with E-state index in [-0.39, 0.29) is 29.8 Å². The number of carbonyl (C=O) groups excluding carboxylic acids is 2. The van der Waals surface area contributed by atoms with Gasteiger partial charge in [-0.25, -0.2) is 4.79 Å². The molecule has 0 heterocycles. The first-order valence-electron chi connectivity index (χ1n) is 8.63. The van der Waals surface area contributed by atoms with Gasteiger partial charge in [-0.1, -0.05) is 27.7 Å². The zero-order valence-corrected chi connectivity index (χ0v) is 17.1. The summed E-state index contributed by atoms with van der Waals surface area (Å²) in [4.78, 5) is 34.9. The van der Waals surface area contributed by atoms with Gasteiger partial charge in [-0.15, -0.1) is 0 Å². The van der Waals surface area contributed by atoms with Crippen LogP contribution in [-0.2, 0) is 19.1 Å². The third-order valence-electron chi connectivity index (χ3n) is 4.18. The van der Waals surface area contributed by atoms with Gasteiger partial charge >= 0.3 is 5.97 Å². The smallest absolute Gasteiger partial charge is 0.327 e. The van der Waals surface area contributed by atoms with E-state index in [4.69, 9.17) is 9.84 Å². The lowest BCUT2D eigenvalue weighted by molar-refractivity contribution is -0.141. The van der Waals surface area contributed by atoms with Crippen LogP contribution in [0.15, 0.2) is 0 Å². The minimum Gasteiger partial charge on any atom is -0.480 e. The lowest BCUT2D eigenvalue weighted by atomic mass is 9.80. The Bertz CT molecular complexity index is 474. The maximum absolute atomic E-state index is 12.2. The van der Waals surface area contributed by atoms with Crippen LogP contribution in [0.1, 0.15) is 60.8 Å². The molecule has 0 aliphatic heterocycles. The first kappa shape index (κ1) is 23.9. The number of hydrogen-bond donors (Lipinski definition) is 3. The van der Waals surface area contributed by atoms with Crippen molar-refractivity contribution in [2.45, 2.75) is 72.4 Å². The number of rotatable bonds is 12. The maximum Gasteiger partial charge on any atom is 0.327 e. The van der Waals surface area contributed by atoms with Crippen molar-refractivity contribution in [1.29, 1.82) is 0 Å². The molecule has 0 spiro atoms. The number of Topliss-reactive ketones (excluding diaryl/α,β-unsaturated/α-hetero) is 1. The molecule has 0 aliphatic rings. The van der Waals surface area contributed by atoms with Gasteiger partial charge in [0.2, 0.25) is 5.91 Å². The Balaban J connectivity index is 4.35. The minimum atomic E-state index is -1.10. The van der Waals surface area contributed by atoms with Crippen molar-refractivity contribution in [1.82, 2.24) is 5.32 Å². The van der Waals surface area contributed by atoms with E-state index < -0.39 is 23.0 Å². The number of ether oxygens (including phenoxy) is 1. The van der Waals surface area contributed by atoms with Crippen molar-refractivity contribution in [3.8, 4) is 0 Å². The number of carbonyl (C=O) groups is 3. The average Bonchev–Trinajstić information content (AvgIpc) is 2.49. The van der Waals surface area contributed by atoms with Crippen molar-refractivity contribution >= 4 is 30.3 Å². The van der Waals surface area contributed by atoms with Crippen LogP contribution >= 0.6 is 12.6 Å². The van der Waals surface area contributed by atoms with Crippen LogP contribution in [0.4, 0.5) is 0 Å². The molecule has 0 aromatic heterocycles. The van der Waals surface area contributed by atoms with Gasteiger partial charge in [0.15, 0.2) is 0 Å². The summed E-state index contributed by atoms with van der Waals surface area (Å²) in [6.07, 6.45) is 1.23. The molecule has 0 fully saturated rings. The third-order valence-corrected chi connectivity index (χ3v) is 4.55. The van der Waals surface area contributed by atoms with Gasteiger partial charge < -0.3 is 15.2 Å². The molecule has 0 aliphatic carbocycles. The highest BCUT2D eigenvalue weighted by molar-refractivity contribution is 7.80. The van der Waals surface area contributed by atoms with Gasteiger partial charge in [-0.05, 0) is 26.7 Å². The zero-order chi connectivity index (χ0) is 19.8. The van der Waals surface area contributed by atoms with E-state index in [1.54, 1.807) is 0 Å². The fourth-order valence-electron chi connectivity index (χ4n) is 2.43. The molecule has 25 heavy (non-hydrogen) atoms. The molecule has 0 saturated carbocycles. The van der Waals surface area contributed by atoms with Gasteiger partial charge in [0.25, 0.3) is 0 Å². The van der Waals surface area contributed by atoms with Crippen molar-refractivity contribution in [3.05, 3.63) is 0 Å². The van der Waals surface area contributed by atoms with E-state index in [0.29, 0.717) is 19.4 Å². The van der Waals surface area contributed by atoms with Crippen LogP contribution < -0.4 is 5.32 Å². The lowest BCUT2D eigenvalue weighted by Crippen LogP contribution is -2.42. The van der Waals surface area contributed by atoms with Crippen LogP contribution in [-0.4, -0.2) is 46.8 Å². The summed E-state index contributed by atoms with van der Waals surface area (Å²) in [6.45, 7) is 11.8. The molecule has 0 bridgehead atoms. The fourth-order valence-corrected chi connectivity index (χ4v) is 2.67. The minimum absolute atomic E-state index is 0.0132. The Morgan fingerprint density at radius 1 is 1.12 bits per heavy atom. The molecule has 0 aromatic rings. The average molecular weight is 376 g/mol. The second-order valence-corrected chi connectivity index (χ2v) is 8.27.